The summed E-state index contributed by atoms with van der Waals surface area (Å²) in [5, 5.41) is 3.25. The molecule has 1 N–H and O–H groups in total. The average molecular weight is 418 g/mol. The predicted octanol–water partition coefficient (Wildman–Crippen LogP) is 3.87. The maximum atomic E-state index is 12.5. The third-order valence-electron chi connectivity index (χ3n) is 4.45. The number of fused-ring (bicyclic) bond motifs is 1. The van der Waals surface area contributed by atoms with Gasteiger partial charge in [-0.05, 0) is 51.0 Å². The summed E-state index contributed by atoms with van der Waals surface area (Å²) < 4.78 is 28.9. The fourth-order valence-corrected chi connectivity index (χ4v) is 5.61. The van der Waals surface area contributed by atoms with Crippen LogP contribution in [0.15, 0.2) is 45.7 Å². The summed E-state index contributed by atoms with van der Waals surface area (Å²) in [5.41, 5.74) is 4.52. The fourth-order valence-electron chi connectivity index (χ4n) is 3.30. The van der Waals surface area contributed by atoms with Crippen LogP contribution in [-0.4, -0.2) is 31.8 Å². The number of para-hydroxylation sites is 1. The van der Waals surface area contributed by atoms with E-state index in [0.29, 0.717) is 17.4 Å². The Balaban J connectivity index is 1.77. The summed E-state index contributed by atoms with van der Waals surface area (Å²) in [6.07, 6.45) is 0. The summed E-state index contributed by atoms with van der Waals surface area (Å²) >= 11 is 1.12. The molecule has 0 saturated carbocycles. The third-order valence-corrected chi connectivity index (χ3v) is 6.86. The number of sulfonamides is 1. The number of nitrogens with one attached hydrogen (secondary N) is 1. The highest BCUT2D eigenvalue weighted by atomic mass is 32.2. The van der Waals surface area contributed by atoms with E-state index in [0.717, 1.165) is 34.1 Å². The smallest absolute Gasteiger partial charge is 0.286 e. The molecule has 0 unspecified atom stereocenters. The highest BCUT2D eigenvalue weighted by Gasteiger charge is 2.30. The standard InChI is InChI=1S/C20H23N3O3S2/c1-5-23-16-8-6-7-9-17(16)28(25,26)22-20(23)27-12-18(24)21-19-14(3)10-13(2)11-15(19)4/h6-11H,5,12H2,1-4H3,(H,21,24). The number of amides is 1. The van der Waals surface area contributed by atoms with Gasteiger partial charge in [0.05, 0.1) is 11.4 Å². The number of amidine groups is 1. The Labute approximate surface area is 170 Å². The minimum Gasteiger partial charge on any atom is -0.325 e. The molecular weight excluding hydrogens is 394 g/mol. The van der Waals surface area contributed by atoms with Crippen LogP contribution in [0.5, 0.6) is 0 Å². The lowest BCUT2D eigenvalue weighted by molar-refractivity contribution is -0.113. The molecule has 1 aliphatic heterocycles. The largest absolute Gasteiger partial charge is 0.325 e. The molecule has 1 amide bonds. The second kappa shape index (κ2) is 7.97. The van der Waals surface area contributed by atoms with Crippen molar-refractivity contribution in [2.75, 3.05) is 22.5 Å². The number of hydrogen-bond donors (Lipinski definition) is 1. The van der Waals surface area contributed by atoms with Gasteiger partial charge in [-0.3, -0.25) is 4.79 Å². The molecule has 0 bridgehead atoms. The number of aryl methyl sites for hydroxylation is 3. The molecule has 1 aliphatic rings. The summed E-state index contributed by atoms with van der Waals surface area (Å²) in [5.74, 6) is -0.130. The van der Waals surface area contributed by atoms with E-state index in [1.165, 1.54) is 0 Å². The minimum atomic E-state index is -3.77. The van der Waals surface area contributed by atoms with Crippen LogP contribution >= 0.6 is 11.8 Å². The fraction of sp³-hybridized carbons (Fsp3) is 0.300. The number of benzene rings is 2. The van der Waals surface area contributed by atoms with Crippen molar-refractivity contribution in [3.8, 4) is 0 Å². The molecule has 1 heterocycles. The number of anilines is 2. The minimum absolute atomic E-state index is 0.0692. The van der Waals surface area contributed by atoms with E-state index in [1.54, 1.807) is 24.3 Å². The SMILES string of the molecule is CCN1C(SCC(=O)Nc2c(C)cc(C)cc2C)=NS(=O)(=O)c2ccccc21. The van der Waals surface area contributed by atoms with Crippen molar-refractivity contribution in [2.45, 2.75) is 32.6 Å². The number of hydrogen-bond acceptors (Lipinski definition) is 5. The second-order valence-electron chi connectivity index (χ2n) is 6.67. The van der Waals surface area contributed by atoms with Gasteiger partial charge in [0, 0.05) is 12.2 Å². The first-order valence-electron chi connectivity index (χ1n) is 8.95. The highest BCUT2D eigenvalue weighted by Crippen LogP contribution is 2.33. The number of rotatable bonds is 4. The number of carbonyl (C=O) groups excluding carboxylic acids is 1. The molecule has 3 rings (SSSR count). The van der Waals surface area contributed by atoms with E-state index >= 15 is 0 Å². The number of thioether (sulfide) groups is 1. The summed E-state index contributed by atoms with van der Waals surface area (Å²) in [7, 11) is -3.77. The molecule has 148 valence electrons. The summed E-state index contributed by atoms with van der Waals surface area (Å²) in [4.78, 5) is 14.5. The van der Waals surface area contributed by atoms with Crippen LogP contribution in [0.2, 0.25) is 0 Å². The van der Waals surface area contributed by atoms with Crippen molar-refractivity contribution >= 4 is 44.2 Å². The molecule has 0 atom stereocenters. The predicted molar refractivity (Wildman–Crippen MR) is 116 cm³/mol. The van der Waals surface area contributed by atoms with Gasteiger partial charge in [0.25, 0.3) is 10.0 Å². The van der Waals surface area contributed by atoms with Crippen molar-refractivity contribution in [3.63, 3.8) is 0 Å². The molecular formula is C20H23N3O3S2. The molecule has 2 aromatic carbocycles. The maximum Gasteiger partial charge on any atom is 0.286 e. The van der Waals surface area contributed by atoms with Gasteiger partial charge < -0.3 is 10.2 Å². The second-order valence-corrected chi connectivity index (χ2v) is 9.19. The van der Waals surface area contributed by atoms with Gasteiger partial charge in [-0.25, -0.2) is 0 Å². The molecule has 6 nitrogen and oxygen atoms in total. The molecule has 0 aliphatic carbocycles. The molecule has 8 heteroatoms. The molecule has 0 spiro atoms. The van der Waals surface area contributed by atoms with Gasteiger partial charge in [-0.15, -0.1) is 4.40 Å². The van der Waals surface area contributed by atoms with Gasteiger partial charge in [-0.1, -0.05) is 41.6 Å². The van der Waals surface area contributed by atoms with Gasteiger partial charge in [0.1, 0.15) is 4.90 Å². The van der Waals surface area contributed by atoms with Gasteiger partial charge >= 0.3 is 0 Å². The first-order valence-corrected chi connectivity index (χ1v) is 11.4. The summed E-state index contributed by atoms with van der Waals surface area (Å²) in [6, 6.07) is 10.8. The average Bonchev–Trinajstić information content (AvgIpc) is 2.63. The maximum absolute atomic E-state index is 12.5. The molecule has 28 heavy (non-hydrogen) atoms. The van der Waals surface area contributed by atoms with Crippen molar-refractivity contribution in [2.24, 2.45) is 4.40 Å². The monoisotopic (exact) mass is 417 g/mol. The lowest BCUT2D eigenvalue weighted by Crippen LogP contribution is -2.34. The first kappa shape index (κ1) is 20.4. The Morgan fingerprint density at radius 2 is 1.79 bits per heavy atom. The molecule has 0 fully saturated rings. The van der Waals surface area contributed by atoms with Crippen LogP contribution in [0, 0.1) is 20.8 Å². The van der Waals surface area contributed by atoms with Crippen LogP contribution < -0.4 is 10.2 Å². The Hall–Kier alpha value is -2.32. The van der Waals surface area contributed by atoms with E-state index in [1.807, 2.05) is 44.7 Å². The van der Waals surface area contributed by atoms with E-state index in [2.05, 4.69) is 9.71 Å². The molecule has 2 aromatic rings. The normalized spacial score (nSPS) is 15.0. The Bertz CT molecular complexity index is 1040. The molecule has 0 radical (unpaired) electrons. The number of carbonyl (C=O) groups is 1. The van der Waals surface area contributed by atoms with Crippen molar-refractivity contribution < 1.29 is 13.2 Å². The van der Waals surface area contributed by atoms with Crippen LogP contribution in [0.25, 0.3) is 0 Å². The van der Waals surface area contributed by atoms with E-state index in [9.17, 15) is 13.2 Å². The Kier molecular flexibility index (Phi) is 5.81. The van der Waals surface area contributed by atoms with E-state index < -0.39 is 10.0 Å². The van der Waals surface area contributed by atoms with Crippen LogP contribution in [-0.2, 0) is 14.8 Å². The highest BCUT2D eigenvalue weighted by molar-refractivity contribution is 8.15. The molecule has 0 aromatic heterocycles. The Morgan fingerprint density at radius 3 is 2.43 bits per heavy atom. The lowest BCUT2D eigenvalue weighted by Gasteiger charge is -2.29. The zero-order valence-electron chi connectivity index (χ0n) is 16.3. The van der Waals surface area contributed by atoms with Gasteiger partial charge in [0.2, 0.25) is 5.91 Å². The number of nitrogens with zero attached hydrogens (tertiary/aromatic N) is 2. The molecule has 0 saturated heterocycles. The van der Waals surface area contributed by atoms with E-state index in [-0.39, 0.29) is 16.6 Å². The zero-order chi connectivity index (χ0) is 20.5. The van der Waals surface area contributed by atoms with Crippen LogP contribution in [0.4, 0.5) is 11.4 Å². The third kappa shape index (κ3) is 4.07. The zero-order valence-corrected chi connectivity index (χ0v) is 17.9. The quantitative estimate of drug-likeness (QED) is 0.817. The van der Waals surface area contributed by atoms with Crippen molar-refractivity contribution in [1.29, 1.82) is 0 Å². The van der Waals surface area contributed by atoms with Crippen molar-refractivity contribution in [3.05, 3.63) is 53.1 Å². The van der Waals surface area contributed by atoms with Crippen LogP contribution in [0.3, 0.4) is 0 Å². The van der Waals surface area contributed by atoms with Crippen LogP contribution in [0.1, 0.15) is 23.6 Å². The topological polar surface area (TPSA) is 78.8 Å². The summed E-state index contributed by atoms with van der Waals surface area (Å²) in [6.45, 7) is 8.40. The van der Waals surface area contributed by atoms with E-state index in [4.69, 9.17) is 0 Å². The van der Waals surface area contributed by atoms with Gasteiger partial charge in [-0.2, -0.15) is 8.42 Å². The Morgan fingerprint density at radius 1 is 1.14 bits per heavy atom. The first-order chi connectivity index (χ1) is 13.2. The lowest BCUT2D eigenvalue weighted by atomic mass is 10.1. The van der Waals surface area contributed by atoms with Crippen molar-refractivity contribution in [1.82, 2.24) is 0 Å². The van der Waals surface area contributed by atoms with Gasteiger partial charge in [0.15, 0.2) is 5.17 Å².